The van der Waals surface area contributed by atoms with Gasteiger partial charge >= 0.3 is 0 Å². The number of hydrogen-bond donors (Lipinski definition) is 0. The normalized spacial score (nSPS) is 14.8. The molecule has 3 heteroatoms. The van der Waals surface area contributed by atoms with Crippen LogP contribution in [0.1, 0.15) is 47.2 Å². The Morgan fingerprint density at radius 2 is 1.08 bits per heavy atom. The molecular weight excluding hydrogens is 597 g/mol. The third kappa shape index (κ3) is 3.90. The summed E-state index contributed by atoms with van der Waals surface area (Å²) in [6.45, 7) is 4.71. The second-order valence-electron chi connectivity index (χ2n) is 13.8. The summed E-state index contributed by atoms with van der Waals surface area (Å²) >= 11 is 0. The molecule has 232 valence electrons. The molecule has 0 bridgehead atoms. The Morgan fingerprint density at radius 3 is 1.84 bits per heavy atom. The van der Waals surface area contributed by atoms with Crippen molar-refractivity contribution in [2.75, 3.05) is 0 Å². The Labute approximate surface area is 285 Å². The van der Waals surface area contributed by atoms with E-state index >= 15 is 0 Å². The number of fused-ring (bicyclic) bond motifs is 11. The average molecular weight is 629 g/mol. The zero-order chi connectivity index (χ0) is 32.7. The van der Waals surface area contributed by atoms with Gasteiger partial charge < -0.3 is 4.74 Å². The summed E-state index contributed by atoms with van der Waals surface area (Å²) in [6, 6.07) is 52.6. The molecule has 6 aromatic carbocycles. The van der Waals surface area contributed by atoms with Crippen molar-refractivity contribution < 1.29 is 4.74 Å². The molecule has 10 rings (SSSR count). The molecule has 49 heavy (non-hydrogen) atoms. The zero-order valence-electron chi connectivity index (χ0n) is 27.3. The monoisotopic (exact) mass is 628 g/mol. The molecule has 1 spiro atoms. The fourth-order valence-electron chi connectivity index (χ4n) is 8.54. The standard InChI is InChI=1S/C46H32N2O/c1-45(2)35-9-3-5-11-37(35)46(38-12-6-4-10-36(38)45)39-13-7-8-14-42(39)49-43-24-22-33(27-40(43)46)29-15-18-31(19-16-29)41-23-21-32-20-17-30-25-26-47-28-34(30)44(32)48-41/h3-28H,1-2H3. The quantitative estimate of drug-likeness (QED) is 0.179. The molecule has 8 aromatic rings. The fourth-order valence-corrected chi connectivity index (χ4v) is 8.54. The molecule has 0 amide bonds. The molecule has 2 aliphatic rings. The van der Waals surface area contributed by atoms with Crippen LogP contribution in [-0.2, 0) is 10.8 Å². The van der Waals surface area contributed by atoms with Crippen molar-refractivity contribution in [2.45, 2.75) is 24.7 Å². The Balaban J connectivity index is 1.15. The highest BCUT2D eigenvalue weighted by Gasteiger charge is 2.52. The van der Waals surface area contributed by atoms with E-state index in [1.807, 2.05) is 18.5 Å². The highest BCUT2D eigenvalue weighted by atomic mass is 16.5. The summed E-state index contributed by atoms with van der Waals surface area (Å²) in [5, 5.41) is 3.33. The Kier molecular flexibility index (Phi) is 5.84. The van der Waals surface area contributed by atoms with Crippen LogP contribution in [0.15, 0.2) is 158 Å². The molecule has 0 atom stereocenters. The highest BCUT2D eigenvalue weighted by molar-refractivity contribution is 6.05. The zero-order valence-corrected chi connectivity index (χ0v) is 27.3. The van der Waals surface area contributed by atoms with Crippen LogP contribution in [0.5, 0.6) is 11.5 Å². The van der Waals surface area contributed by atoms with Gasteiger partial charge in [-0.05, 0) is 69.1 Å². The first kappa shape index (κ1) is 28.0. The number of nitrogens with zero attached hydrogens (tertiary/aromatic N) is 2. The van der Waals surface area contributed by atoms with E-state index in [0.29, 0.717) is 0 Å². The molecule has 1 aliphatic heterocycles. The number of pyridine rings is 2. The van der Waals surface area contributed by atoms with E-state index in [-0.39, 0.29) is 5.41 Å². The summed E-state index contributed by atoms with van der Waals surface area (Å²) in [7, 11) is 0. The van der Waals surface area contributed by atoms with E-state index in [4.69, 9.17) is 9.72 Å². The topological polar surface area (TPSA) is 35.0 Å². The SMILES string of the molecule is CC1(C)c2ccccc2C2(c3ccccc3Oc3ccc(-c4ccc(-c5ccc6ccc7ccncc7c6n5)cc4)cc32)c2ccccc21. The average Bonchev–Trinajstić information content (AvgIpc) is 3.16. The maximum Gasteiger partial charge on any atom is 0.132 e. The van der Waals surface area contributed by atoms with Crippen LogP contribution in [0.25, 0.3) is 44.1 Å². The van der Waals surface area contributed by atoms with Crippen molar-refractivity contribution in [3.63, 3.8) is 0 Å². The Morgan fingerprint density at radius 1 is 0.490 bits per heavy atom. The predicted octanol–water partition coefficient (Wildman–Crippen LogP) is 11.2. The molecular formula is C46H32N2O. The van der Waals surface area contributed by atoms with E-state index in [9.17, 15) is 0 Å². The van der Waals surface area contributed by atoms with Gasteiger partial charge in [-0.25, -0.2) is 4.98 Å². The Bertz CT molecular complexity index is 2570. The van der Waals surface area contributed by atoms with Crippen molar-refractivity contribution in [1.82, 2.24) is 9.97 Å². The molecule has 2 aromatic heterocycles. The summed E-state index contributed by atoms with van der Waals surface area (Å²) in [4.78, 5) is 9.48. The van der Waals surface area contributed by atoms with Crippen LogP contribution < -0.4 is 4.74 Å². The third-order valence-electron chi connectivity index (χ3n) is 10.9. The summed E-state index contributed by atoms with van der Waals surface area (Å²) in [5.74, 6) is 1.80. The van der Waals surface area contributed by atoms with Gasteiger partial charge in [0.2, 0.25) is 0 Å². The van der Waals surface area contributed by atoms with Crippen LogP contribution >= 0.6 is 0 Å². The first-order valence-corrected chi connectivity index (χ1v) is 16.9. The van der Waals surface area contributed by atoms with Crippen LogP contribution in [0.4, 0.5) is 0 Å². The van der Waals surface area contributed by atoms with E-state index in [0.717, 1.165) is 55.6 Å². The molecule has 3 nitrogen and oxygen atoms in total. The van der Waals surface area contributed by atoms with Crippen LogP contribution in [0, 0.1) is 0 Å². The molecule has 0 radical (unpaired) electrons. The fraction of sp³-hybridized carbons (Fsp3) is 0.0870. The number of para-hydroxylation sites is 1. The van der Waals surface area contributed by atoms with Gasteiger partial charge in [0, 0.05) is 45.3 Å². The molecule has 0 saturated carbocycles. The van der Waals surface area contributed by atoms with Gasteiger partial charge in [-0.3, -0.25) is 4.98 Å². The highest BCUT2D eigenvalue weighted by Crippen LogP contribution is 2.61. The molecule has 0 unspecified atom stereocenters. The van der Waals surface area contributed by atoms with Gasteiger partial charge in [-0.1, -0.05) is 129 Å². The molecule has 0 N–H and O–H groups in total. The summed E-state index contributed by atoms with van der Waals surface area (Å²) < 4.78 is 6.71. The van der Waals surface area contributed by atoms with Crippen molar-refractivity contribution in [2.24, 2.45) is 0 Å². The van der Waals surface area contributed by atoms with Gasteiger partial charge in [-0.2, -0.15) is 0 Å². The van der Waals surface area contributed by atoms with E-state index in [1.54, 1.807) is 0 Å². The molecule has 1 aliphatic carbocycles. The van der Waals surface area contributed by atoms with Crippen molar-refractivity contribution in [1.29, 1.82) is 0 Å². The van der Waals surface area contributed by atoms with Gasteiger partial charge in [0.15, 0.2) is 0 Å². The van der Waals surface area contributed by atoms with Crippen LogP contribution in [-0.4, -0.2) is 9.97 Å². The lowest BCUT2D eigenvalue weighted by atomic mass is 9.53. The van der Waals surface area contributed by atoms with Crippen molar-refractivity contribution in [3.8, 4) is 33.9 Å². The minimum absolute atomic E-state index is 0.154. The lowest BCUT2D eigenvalue weighted by Crippen LogP contribution is -2.43. The summed E-state index contributed by atoms with van der Waals surface area (Å²) in [6.07, 6.45) is 3.74. The minimum atomic E-state index is -0.532. The van der Waals surface area contributed by atoms with E-state index < -0.39 is 5.41 Å². The van der Waals surface area contributed by atoms with Gasteiger partial charge in [0.1, 0.15) is 11.5 Å². The molecule has 3 heterocycles. The van der Waals surface area contributed by atoms with Crippen LogP contribution in [0.3, 0.4) is 0 Å². The number of aromatic nitrogens is 2. The Hall–Kier alpha value is -6.06. The van der Waals surface area contributed by atoms with E-state index in [1.165, 1.54) is 33.4 Å². The molecule has 0 saturated heterocycles. The van der Waals surface area contributed by atoms with Gasteiger partial charge in [-0.15, -0.1) is 0 Å². The van der Waals surface area contributed by atoms with Crippen molar-refractivity contribution in [3.05, 3.63) is 191 Å². The lowest BCUT2D eigenvalue weighted by molar-refractivity contribution is 0.425. The first-order chi connectivity index (χ1) is 24.0. The summed E-state index contributed by atoms with van der Waals surface area (Å²) in [5.41, 5.74) is 12.3. The molecule has 0 fully saturated rings. The number of benzene rings is 6. The van der Waals surface area contributed by atoms with Gasteiger partial charge in [0.25, 0.3) is 0 Å². The number of ether oxygens (including phenoxy) is 1. The second kappa shape index (κ2) is 10.2. The largest absolute Gasteiger partial charge is 0.457 e. The number of rotatable bonds is 2. The first-order valence-electron chi connectivity index (χ1n) is 16.9. The maximum atomic E-state index is 6.71. The van der Waals surface area contributed by atoms with Crippen molar-refractivity contribution >= 4 is 21.7 Å². The minimum Gasteiger partial charge on any atom is -0.457 e. The third-order valence-corrected chi connectivity index (χ3v) is 10.9. The smallest absolute Gasteiger partial charge is 0.132 e. The van der Waals surface area contributed by atoms with E-state index in [2.05, 4.69) is 158 Å². The van der Waals surface area contributed by atoms with Gasteiger partial charge in [0.05, 0.1) is 16.6 Å². The maximum absolute atomic E-state index is 6.71. The predicted molar refractivity (Wildman–Crippen MR) is 198 cm³/mol. The van der Waals surface area contributed by atoms with Crippen LogP contribution in [0.2, 0.25) is 0 Å². The lowest BCUT2D eigenvalue weighted by Gasteiger charge is -2.50. The number of hydrogen-bond acceptors (Lipinski definition) is 3. The second-order valence-corrected chi connectivity index (χ2v) is 13.8.